The summed E-state index contributed by atoms with van der Waals surface area (Å²) in [5.41, 5.74) is 3.12. The molecule has 0 fully saturated rings. The largest absolute Gasteiger partial charge is 0.326 e. The lowest BCUT2D eigenvalue weighted by Crippen LogP contribution is -2.13. The quantitative estimate of drug-likeness (QED) is 0.893. The minimum atomic E-state index is 0.0503. The maximum absolute atomic E-state index is 11.9. The smallest absolute Gasteiger partial charge is 0.224 e. The van der Waals surface area contributed by atoms with Crippen molar-refractivity contribution in [2.45, 2.75) is 19.8 Å². The van der Waals surface area contributed by atoms with Gasteiger partial charge in [0.05, 0.1) is 0 Å². The molecule has 2 rings (SSSR count). The lowest BCUT2D eigenvalue weighted by molar-refractivity contribution is -0.116. The van der Waals surface area contributed by atoms with Gasteiger partial charge in [-0.25, -0.2) is 0 Å². The van der Waals surface area contributed by atoms with E-state index in [-0.39, 0.29) is 5.91 Å². The first kappa shape index (κ1) is 13.8. The molecule has 2 aromatic rings. The Balaban J connectivity index is 1.91. The van der Waals surface area contributed by atoms with Gasteiger partial charge in [0.25, 0.3) is 0 Å². The summed E-state index contributed by atoms with van der Waals surface area (Å²) in [6, 6.07) is 15.9. The van der Waals surface area contributed by atoms with E-state index in [1.165, 1.54) is 5.56 Å². The van der Waals surface area contributed by atoms with Gasteiger partial charge < -0.3 is 5.32 Å². The molecule has 0 heterocycles. The lowest BCUT2D eigenvalue weighted by Gasteiger charge is -2.08. The Hall–Kier alpha value is -1.61. The minimum Gasteiger partial charge on any atom is -0.326 e. The summed E-state index contributed by atoms with van der Waals surface area (Å²) in [4.78, 5) is 11.9. The van der Waals surface area contributed by atoms with Gasteiger partial charge in [-0.15, -0.1) is 0 Å². The van der Waals surface area contributed by atoms with Gasteiger partial charge in [0.2, 0.25) is 5.91 Å². The van der Waals surface area contributed by atoms with Crippen LogP contribution in [0.4, 0.5) is 5.69 Å². The van der Waals surface area contributed by atoms with Crippen LogP contribution >= 0.6 is 15.9 Å². The highest BCUT2D eigenvalue weighted by Crippen LogP contribution is 2.20. The van der Waals surface area contributed by atoms with E-state index in [9.17, 15) is 4.79 Å². The Morgan fingerprint density at radius 1 is 1.16 bits per heavy atom. The van der Waals surface area contributed by atoms with E-state index in [0.29, 0.717) is 6.42 Å². The van der Waals surface area contributed by atoms with Gasteiger partial charge >= 0.3 is 0 Å². The SMILES string of the molecule is Cc1cc(Br)ccc1NC(=O)CCc1ccccc1. The maximum Gasteiger partial charge on any atom is 0.224 e. The van der Waals surface area contributed by atoms with Gasteiger partial charge in [-0.3, -0.25) is 4.79 Å². The molecule has 0 aliphatic rings. The molecule has 0 saturated heterocycles. The first-order valence-electron chi connectivity index (χ1n) is 6.25. The van der Waals surface area contributed by atoms with E-state index in [2.05, 4.69) is 21.2 Å². The van der Waals surface area contributed by atoms with Crippen LogP contribution in [0.5, 0.6) is 0 Å². The molecule has 0 bridgehead atoms. The van der Waals surface area contributed by atoms with Gasteiger partial charge in [-0.1, -0.05) is 46.3 Å². The maximum atomic E-state index is 11.9. The Kier molecular flexibility index (Phi) is 4.74. The number of hydrogen-bond acceptors (Lipinski definition) is 1. The molecule has 0 spiro atoms. The van der Waals surface area contributed by atoms with E-state index in [1.54, 1.807) is 0 Å². The second-order valence-electron chi connectivity index (χ2n) is 4.49. The predicted octanol–water partition coefficient (Wildman–Crippen LogP) is 4.33. The zero-order chi connectivity index (χ0) is 13.7. The molecule has 1 amide bonds. The molecule has 0 aromatic heterocycles. The summed E-state index contributed by atoms with van der Waals surface area (Å²) in [5, 5.41) is 2.95. The number of hydrogen-bond donors (Lipinski definition) is 1. The molecule has 0 aliphatic carbocycles. The van der Waals surface area contributed by atoms with Crippen molar-refractivity contribution < 1.29 is 4.79 Å². The third-order valence-electron chi connectivity index (χ3n) is 2.95. The Bertz CT molecular complexity index is 566. The van der Waals surface area contributed by atoms with Crippen molar-refractivity contribution >= 4 is 27.5 Å². The number of halogens is 1. The highest BCUT2D eigenvalue weighted by Gasteiger charge is 2.05. The average molecular weight is 318 g/mol. The molecule has 0 radical (unpaired) electrons. The summed E-state index contributed by atoms with van der Waals surface area (Å²) < 4.78 is 1.02. The summed E-state index contributed by atoms with van der Waals surface area (Å²) in [5.74, 6) is 0.0503. The number of aryl methyl sites for hydroxylation is 2. The Labute approximate surface area is 122 Å². The Morgan fingerprint density at radius 2 is 1.89 bits per heavy atom. The third-order valence-corrected chi connectivity index (χ3v) is 3.44. The van der Waals surface area contributed by atoms with Crippen molar-refractivity contribution in [1.82, 2.24) is 0 Å². The van der Waals surface area contributed by atoms with Crippen molar-refractivity contribution in [2.75, 3.05) is 5.32 Å². The van der Waals surface area contributed by atoms with Crippen molar-refractivity contribution in [3.63, 3.8) is 0 Å². The van der Waals surface area contributed by atoms with Crippen molar-refractivity contribution in [3.8, 4) is 0 Å². The highest BCUT2D eigenvalue weighted by molar-refractivity contribution is 9.10. The molecule has 1 N–H and O–H groups in total. The molecule has 2 nitrogen and oxygen atoms in total. The van der Waals surface area contributed by atoms with Crippen LogP contribution in [0.15, 0.2) is 53.0 Å². The van der Waals surface area contributed by atoms with Crippen LogP contribution in [0.3, 0.4) is 0 Å². The molecule has 3 heteroatoms. The number of anilines is 1. The molecule has 19 heavy (non-hydrogen) atoms. The molecular weight excluding hydrogens is 302 g/mol. The van der Waals surface area contributed by atoms with E-state index >= 15 is 0 Å². The fourth-order valence-electron chi connectivity index (χ4n) is 1.88. The average Bonchev–Trinajstić information content (AvgIpc) is 2.41. The number of rotatable bonds is 4. The molecule has 0 unspecified atom stereocenters. The van der Waals surface area contributed by atoms with Crippen LogP contribution in [0.25, 0.3) is 0 Å². The summed E-state index contributed by atoms with van der Waals surface area (Å²) in [6.45, 7) is 1.98. The number of carbonyl (C=O) groups excluding carboxylic acids is 1. The fraction of sp³-hybridized carbons (Fsp3) is 0.188. The van der Waals surface area contributed by atoms with Crippen molar-refractivity contribution in [1.29, 1.82) is 0 Å². The monoisotopic (exact) mass is 317 g/mol. The van der Waals surface area contributed by atoms with Gasteiger partial charge in [-0.2, -0.15) is 0 Å². The van der Waals surface area contributed by atoms with Crippen LogP contribution in [0, 0.1) is 6.92 Å². The topological polar surface area (TPSA) is 29.1 Å². The standard InChI is InChI=1S/C16H16BrNO/c1-12-11-14(17)8-9-15(12)18-16(19)10-7-13-5-3-2-4-6-13/h2-6,8-9,11H,7,10H2,1H3,(H,18,19). The van der Waals surface area contributed by atoms with E-state index < -0.39 is 0 Å². The highest BCUT2D eigenvalue weighted by atomic mass is 79.9. The van der Waals surface area contributed by atoms with Gasteiger partial charge in [0.1, 0.15) is 0 Å². The normalized spacial score (nSPS) is 10.2. The first-order valence-corrected chi connectivity index (χ1v) is 7.04. The van der Waals surface area contributed by atoms with Gasteiger partial charge in [0, 0.05) is 16.6 Å². The van der Waals surface area contributed by atoms with E-state index in [4.69, 9.17) is 0 Å². The fourth-order valence-corrected chi connectivity index (χ4v) is 2.36. The van der Waals surface area contributed by atoms with Crippen molar-refractivity contribution in [3.05, 3.63) is 64.1 Å². The second kappa shape index (κ2) is 6.53. The van der Waals surface area contributed by atoms with Crippen LogP contribution in [-0.2, 0) is 11.2 Å². The molecule has 98 valence electrons. The van der Waals surface area contributed by atoms with E-state index in [0.717, 1.165) is 22.1 Å². The van der Waals surface area contributed by atoms with Crippen LogP contribution in [0.2, 0.25) is 0 Å². The summed E-state index contributed by atoms with van der Waals surface area (Å²) >= 11 is 3.41. The number of amides is 1. The van der Waals surface area contributed by atoms with E-state index in [1.807, 2.05) is 55.5 Å². The van der Waals surface area contributed by atoms with Gasteiger partial charge in [-0.05, 0) is 42.7 Å². The number of benzene rings is 2. The molecule has 0 saturated carbocycles. The van der Waals surface area contributed by atoms with Gasteiger partial charge in [0.15, 0.2) is 0 Å². The number of carbonyl (C=O) groups is 1. The minimum absolute atomic E-state index is 0.0503. The lowest BCUT2D eigenvalue weighted by atomic mass is 10.1. The van der Waals surface area contributed by atoms with Crippen molar-refractivity contribution in [2.24, 2.45) is 0 Å². The Morgan fingerprint density at radius 3 is 2.58 bits per heavy atom. The van der Waals surface area contributed by atoms with Crippen LogP contribution < -0.4 is 5.32 Å². The zero-order valence-electron chi connectivity index (χ0n) is 10.8. The molecular formula is C16H16BrNO. The molecule has 0 aliphatic heterocycles. The second-order valence-corrected chi connectivity index (χ2v) is 5.41. The molecule has 0 atom stereocenters. The predicted molar refractivity (Wildman–Crippen MR) is 82.3 cm³/mol. The molecule has 2 aromatic carbocycles. The first-order chi connectivity index (χ1) is 9.15. The summed E-state index contributed by atoms with van der Waals surface area (Å²) in [6.07, 6.45) is 1.27. The summed E-state index contributed by atoms with van der Waals surface area (Å²) in [7, 11) is 0. The third kappa shape index (κ3) is 4.21. The zero-order valence-corrected chi connectivity index (χ0v) is 12.4. The number of nitrogens with one attached hydrogen (secondary N) is 1. The van der Waals surface area contributed by atoms with Crippen LogP contribution in [0.1, 0.15) is 17.5 Å². The van der Waals surface area contributed by atoms with Crippen LogP contribution in [-0.4, -0.2) is 5.91 Å².